The fourth-order valence-corrected chi connectivity index (χ4v) is 7.22. The van der Waals surface area contributed by atoms with E-state index in [4.69, 9.17) is 15.0 Å². The van der Waals surface area contributed by atoms with Gasteiger partial charge in [-0.05, 0) is 48.9 Å². The third-order valence-corrected chi connectivity index (χ3v) is 9.19. The minimum atomic E-state index is 0.567. The standard InChI is InChI=1S/C40H26N6/c1-25-22-23-31-30-16-6-11-21-36(30)46(37(31)24-25)40-42-38(44-32-17-7-2-12-26(32)27-13-3-8-18-33(27)44)41-39(43-40)45-34-19-9-4-14-28(34)29-15-5-10-20-35(29)45/h2-24H,1H3. The molecule has 0 saturated heterocycles. The van der Waals surface area contributed by atoms with Crippen molar-refractivity contribution in [3.8, 4) is 17.8 Å². The van der Waals surface area contributed by atoms with Gasteiger partial charge < -0.3 is 0 Å². The Bertz CT molecular complexity index is 2590. The van der Waals surface area contributed by atoms with Gasteiger partial charge in [0, 0.05) is 32.3 Å². The molecule has 0 fully saturated rings. The summed E-state index contributed by atoms with van der Waals surface area (Å²) in [6.07, 6.45) is 0. The zero-order valence-electron chi connectivity index (χ0n) is 25.0. The van der Waals surface area contributed by atoms with Gasteiger partial charge in [-0.15, -0.1) is 0 Å². The highest BCUT2D eigenvalue weighted by Crippen LogP contribution is 2.36. The molecule has 10 rings (SSSR count). The van der Waals surface area contributed by atoms with Crippen LogP contribution in [0.15, 0.2) is 140 Å². The van der Waals surface area contributed by atoms with Gasteiger partial charge in [0.1, 0.15) is 0 Å². The molecular weight excluding hydrogens is 564 g/mol. The van der Waals surface area contributed by atoms with Crippen LogP contribution < -0.4 is 0 Å². The first-order valence-corrected chi connectivity index (χ1v) is 15.5. The van der Waals surface area contributed by atoms with E-state index in [-0.39, 0.29) is 0 Å². The number of aromatic nitrogens is 6. The average molecular weight is 591 g/mol. The summed E-state index contributed by atoms with van der Waals surface area (Å²) in [5.41, 5.74) is 7.48. The van der Waals surface area contributed by atoms with Crippen LogP contribution in [0.2, 0.25) is 0 Å². The quantitative estimate of drug-likeness (QED) is 0.206. The molecule has 0 atom stereocenters. The lowest BCUT2D eigenvalue weighted by atomic mass is 10.1. The van der Waals surface area contributed by atoms with E-state index in [1.807, 2.05) is 0 Å². The monoisotopic (exact) mass is 590 g/mol. The summed E-state index contributed by atoms with van der Waals surface area (Å²) in [4.78, 5) is 15.9. The SMILES string of the molecule is Cc1ccc2c3ccccc3n(-c3nc(-n4c5ccccc5c5ccccc54)nc(-n4c5ccccc5c5ccccc54)n3)c2c1. The first-order chi connectivity index (χ1) is 22.7. The van der Waals surface area contributed by atoms with E-state index < -0.39 is 0 Å². The van der Waals surface area contributed by atoms with Gasteiger partial charge in [0.05, 0.1) is 33.1 Å². The van der Waals surface area contributed by atoms with Crippen LogP contribution >= 0.6 is 0 Å². The van der Waals surface area contributed by atoms with Crippen molar-refractivity contribution >= 4 is 65.4 Å². The lowest BCUT2D eigenvalue weighted by Crippen LogP contribution is -2.13. The summed E-state index contributed by atoms with van der Waals surface area (Å²) in [6, 6.07) is 48.9. The highest BCUT2D eigenvalue weighted by Gasteiger charge is 2.22. The van der Waals surface area contributed by atoms with Gasteiger partial charge in [-0.2, -0.15) is 15.0 Å². The van der Waals surface area contributed by atoms with Gasteiger partial charge >= 0.3 is 0 Å². The molecule has 46 heavy (non-hydrogen) atoms. The predicted molar refractivity (Wildman–Crippen MR) is 188 cm³/mol. The van der Waals surface area contributed by atoms with Gasteiger partial charge in [0.2, 0.25) is 17.8 Å². The third-order valence-electron chi connectivity index (χ3n) is 9.19. The van der Waals surface area contributed by atoms with Gasteiger partial charge in [0.25, 0.3) is 0 Å². The second-order valence-electron chi connectivity index (χ2n) is 11.8. The van der Waals surface area contributed by atoms with Crippen LogP contribution in [0.5, 0.6) is 0 Å². The molecule has 4 heterocycles. The predicted octanol–water partition coefficient (Wildman–Crippen LogP) is 9.47. The highest BCUT2D eigenvalue weighted by molar-refractivity contribution is 6.11. The topological polar surface area (TPSA) is 53.5 Å². The van der Waals surface area contributed by atoms with Crippen LogP contribution in [-0.4, -0.2) is 28.7 Å². The maximum absolute atomic E-state index is 5.31. The Morgan fingerprint density at radius 1 is 0.326 bits per heavy atom. The number of hydrogen-bond acceptors (Lipinski definition) is 3. The van der Waals surface area contributed by atoms with Crippen LogP contribution in [-0.2, 0) is 0 Å². The fourth-order valence-electron chi connectivity index (χ4n) is 7.22. The van der Waals surface area contributed by atoms with Crippen molar-refractivity contribution in [3.05, 3.63) is 145 Å². The van der Waals surface area contributed by atoms with E-state index >= 15 is 0 Å². The van der Waals surface area contributed by atoms with Crippen molar-refractivity contribution in [2.24, 2.45) is 0 Å². The van der Waals surface area contributed by atoms with Crippen molar-refractivity contribution in [2.75, 3.05) is 0 Å². The van der Waals surface area contributed by atoms with E-state index in [9.17, 15) is 0 Å². The van der Waals surface area contributed by atoms with Crippen molar-refractivity contribution in [2.45, 2.75) is 6.92 Å². The number of fused-ring (bicyclic) bond motifs is 9. The molecule has 0 N–H and O–H groups in total. The molecule has 0 spiro atoms. The molecule has 216 valence electrons. The van der Waals surface area contributed by atoms with Crippen molar-refractivity contribution in [1.29, 1.82) is 0 Å². The Morgan fingerprint density at radius 3 is 0.957 bits per heavy atom. The fraction of sp³-hybridized carbons (Fsp3) is 0.0250. The lowest BCUT2D eigenvalue weighted by molar-refractivity contribution is 0.848. The number of benzene rings is 6. The molecule has 0 saturated carbocycles. The van der Waals surface area contributed by atoms with Crippen LogP contribution in [0.1, 0.15) is 5.56 Å². The Labute approximate surface area is 263 Å². The molecule has 0 bridgehead atoms. The molecule has 0 aliphatic carbocycles. The van der Waals surface area contributed by atoms with Crippen LogP contribution in [0.4, 0.5) is 0 Å². The van der Waals surface area contributed by atoms with E-state index in [0.29, 0.717) is 17.8 Å². The van der Waals surface area contributed by atoms with Gasteiger partial charge in [-0.3, -0.25) is 13.7 Å². The Kier molecular flexibility index (Phi) is 5.11. The molecule has 4 aromatic heterocycles. The molecule has 0 radical (unpaired) electrons. The molecule has 10 aromatic rings. The molecule has 0 amide bonds. The van der Waals surface area contributed by atoms with Crippen molar-refractivity contribution < 1.29 is 0 Å². The van der Waals surface area contributed by atoms with E-state index in [0.717, 1.165) is 60.0 Å². The second-order valence-corrected chi connectivity index (χ2v) is 11.8. The zero-order chi connectivity index (χ0) is 30.4. The highest BCUT2D eigenvalue weighted by atomic mass is 15.3. The molecule has 0 aliphatic rings. The minimum Gasteiger partial charge on any atom is -0.278 e. The first-order valence-electron chi connectivity index (χ1n) is 15.5. The number of hydrogen-bond donors (Lipinski definition) is 0. The summed E-state index contributed by atoms with van der Waals surface area (Å²) >= 11 is 0. The van der Waals surface area contributed by atoms with E-state index in [2.05, 4.69) is 160 Å². The van der Waals surface area contributed by atoms with E-state index in [1.165, 1.54) is 10.9 Å². The van der Waals surface area contributed by atoms with Gasteiger partial charge in [-0.1, -0.05) is 103 Å². The van der Waals surface area contributed by atoms with Crippen molar-refractivity contribution in [3.63, 3.8) is 0 Å². The molecule has 0 unspecified atom stereocenters. The average Bonchev–Trinajstić information content (AvgIpc) is 3.73. The molecular formula is C40H26N6. The van der Waals surface area contributed by atoms with Crippen LogP contribution in [0, 0.1) is 6.92 Å². The Hall–Kier alpha value is -6.27. The number of nitrogens with zero attached hydrogens (tertiary/aromatic N) is 6. The summed E-state index contributed by atoms with van der Waals surface area (Å²) in [5.74, 6) is 1.70. The lowest BCUT2D eigenvalue weighted by Gasteiger charge is -2.14. The normalized spacial score (nSPS) is 12.0. The number of aryl methyl sites for hydroxylation is 1. The number of para-hydroxylation sites is 5. The van der Waals surface area contributed by atoms with Crippen LogP contribution in [0.25, 0.3) is 83.3 Å². The summed E-state index contributed by atoms with van der Waals surface area (Å²) in [7, 11) is 0. The Balaban J connectivity index is 1.39. The van der Waals surface area contributed by atoms with Crippen LogP contribution in [0.3, 0.4) is 0 Å². The first kappa shape index (κ1) is 25.1. The Morgan fingerprint density at radius 2 is 0.609 bits per heavy atom. The second kappa shape index (κ2) is 9.36. The van der Waals surface area contributed by atoms with Gasteiger partial charge in [0.15, 0.2) is 0 Å². The minimum absolute atomic E-state index is 0.567. The van der Waals surface area contributed by atoms with Crippen molar-refractivity contribution in [1.82, 2.24) is 28.7 Å². The summed E-state index contributed by atoms with van der Waals surface area (Å²) in [5, 5.41) is 6.96. The summed E-state index contributed by atoms with van der Waals surface area (Å²) < 4.78 is 6.53. The zero-order valence-corrected chi connectivity index (χ0v) is 25.0. The summed E-state index contributed by atoms with van der Waals surface area (Å²) in [6.45, 7) is 2.13. The third kappa shape index (κ3) is 3.44. The molecule has 6 nitrogen and oxygen atoms in total. The molecule has 6 aromatic carbocycles. The maximum Gasteiger partial charge on any atom is 0.241 e. The number of rotatable bonds is 3. The molecule has 0 aliphatic heterocycles. The maximum atomic E-state index is 5.31. The van der Waals surface area contributed by atoms with Gasteiger partial charge in [-0.25, -0.2) is 0 Å². The van der Waals surface area contributed by atoms with E-state index in [1.54, 1.807) is 0 Å². The molecule has 6 heteroatoms. The largest absolute Gasteiger partial charge is 0.278 e. The smallest absolute Gasteiger partial charge is 0.241 e.